The third-order valence-electron chi connectivity index (χ3n) is 6.28. The molecule has 0 saturated carbocycles. The highest BCUT2D eigenvalue weighted by atomic mass is 35.5. The summed E-state index contributed by atoms with van der Waals surface area (Å²) in [4.78, 5) is 45.0. The summed E-state index contributed by atoms with van der Waals surface area (Å²) >= 11 is 6.20. The van der Waals surface area contributed by atoms with E-state index in [1.165, 1.54) is 12.1 Å². The van der Waals surface area contributed by atoms with Gasteiger partial charge in [0.1, 0.15) is 12.4 Å². The standard InChI is InChI=1S/C28H35ClN4O6/c1-5-23(18-6-8-19(9-7-18)27(35)36)31-28(37)33-15-25(32-39-16-17(2)3)30-14-21(26(33)34)12-20-13-22(29)10-11-24(20)38-4/h6-11,13,17,21,23H,5,12,14-16H2,1-4H3,(H,30,32)(H,31,37)(H,35,36)/t21-,23?/m1/s1. The van der Waals surface area contributed by atoms with Crippen LogP contribution in [-0.2, 0) is 16.1 Å². The molecule has 39 heavy (non-hydrogen) atoms. The summed E-state index contributed by atoms with van der Waals surface area (Å²) < 4.78 is 5.45. The SMILES string of the molecule is CCC(NC(=O)N1C/C(=N/OCC(C)C)NC[C@@H](Cc2cc(Cl)ccc2OC)C1=O)c1ccc(C(=O)O)cc1. The molecule has 1 saturated heterocycles. The van der Waals surface area contributed by atoms with Gasteiger partial charge in [-0.1, -0.05) is 49.7 Å². The molecule has 2 aromatic rings. The Hall–Kier alpha value is -3.79. The zero-order chi connectivity index (χ0) is 28.5. The van der Waals surface area contributed by atoms with Crippen molar-refractivity contribution in [3.05, 3.63) is 64.2 Å². The molecule has 0 spiro atoms. The molecule has 3 rings (SSSR count). The zero-order valence-electron chi connectivity index (χ0n) is 22.6. The van der Waals surface area contributed by atoms with Crippen LogP contribution >= 0.6 is 11.6 Å². The third kappa shape index (κ3) is 8.10. The van der Waals surface area contributed by atoms with Crippen LogP contribution in [0.4, 0.5) is 4.79 Å². The van der Waals surface area contributed by atoms with Crippen LogP contribution in [0.5, 0.6) is 5.75 Å². The highest BCUT2D eigenvalue weighted by molar-refractivity contribution is 6.30. The second-order valence-electron chi connectivity index (χ2n) is 9.73. The number of aromatic carboxylic acids is 1. The van der Waals surface area contributed by atoms with Crippen molar-refractivity contribution >= 4 is 35.3 Å². The first-order chi connectivity index (χ1) is 18.6. The number of urea groups is 1. The molecular weight excluding hydrogens is 524 g/mol. The van der Waals surface area contributed by atoms with Gasteiger partial charge in [0.05, 0.1) is 31.2 Å². The maximum Gasteiger partial charge on any atom is 0.335 e. The van der Waals surface area contributed by atoms with Crippen molar-refractivity contribution < 1.29 is 29.1 Å². The smallest absolute Gasteiger partial charge is 0.335 e. The lowest BCUT2D eigenvalue weighted by molar-refractivity contribution is -0.131. The van der Waals surface area contributed by atoms with E-state index in [0.717, 1.165) is 16.0 Å². The van der Waals surface area contributed by atoms with Crippen LogP contribution < -0.4 is 15.4 Å². The Labute approximate surface area is 233 Å². The van der Waals surface area contributed by atoms with E-state index in [0.29, 0.717) is 29.6 Å². The van der Waals surface area contributed by atoms with Crippen molar-refractivity contribution in [3.8, 4) is 5.75 Å². The minimum atomic E-state index is -1.03. The third-order valence-corrected chi connectivity index (χ3v) is 6.51. The van der Waals surface area contributed by atoms with Gasteiger partial charge in [0, 0.05) is 11.6 Å². The Morgan fingerprint density at radius 2 is 1.95 bits per heavy atom. The van der Waals surface area contributed by atoms with Crippen molar-refractivity contribution in [2.45, 2.75) is 39.7 Å². The first kappa shape index (κ1) is 29.8. The number of oxime groups is 1. The fraction of sp³-hybridized carbons (Fsp3) is 0.429. The lowest BCUT2D eigenvalue weighted by Crippen LogP contribution is -2.48. The molecule has 0 aliphatic carbocycles. The number of carbonyl (C=O) groups is 3. The lowest BCUT2D eigenvalue weighted by atomic mass is 9.97. The first-order valence-electron chi connectivity index (χ1n) is 12.8. The average molecular weight is 559 g/mol. The van der Waals surface area contributed by atoms with Gasteiger partial charge in [0.25, 0.3) is 0 Å². The predicted molar refractivity (Wildman–Crippen MR) is 148 cm³/mol. The molecule has 210 valence electrons. The van der Waals surface area contributed by atoms with Gasteiger partial charge in [-0.15, -0.1) is 0 Å². The van der Waals surface area contributed by atoms with Gasteiger partial charge in [0.2, 0.25) is 5.91 Å². The molecule has 1 aliphatic rings. The molecule has 2 aromatic carbocycles. The van der Waals surface area contributed by atoms with Gasteiger partial charge in [-0.3, -0.25) is 9.69 Å². The van der Waals surface area contributed by atoms with E-state index in [1.54, 1.807) is 37.4 Å². The summed E-state index contributed by atoms with van der Waals surface area (Å²) in [7, 11) is 1.55. The molecule has 2 atom stereocenters. The fourth-order valence-electron chi connectivity index (χ4n) is 4.17. The zero-order valence-corrected chi connectivity index (χ0v) is 23.3. The van der Waals surface area contributed by atoms with Crippen molar-refractivity contribution in [2.75, 3.05) is 26.8 Å². The second kappa shape index (κ2) is 13.8. The number of nitrogens with one attached hydrogen (secondary N) is 2. The molecule has 0 radical (unpaired) electrons. The van der Waals surface area contributed by atoms with E-state index in [2.05, 4.69) is 15.8 Å². The normalized spacial score (nSPS) is 17.4. The number of hydrogen-bond donors (Lipinski definition) is 3. The highest BCUT2D eigenvalue weighted by Gasteiger charge is 2.35. The van der Waals surface area contributed by atoms with E-state index >= 15 is 0 Å². The number of carboxylic acid groups (broad SMARTS) is 1. The molecule has 1 unspecified atom stereocenters. The fourth-order valence-corrected chi connectivity index (χ4v) is 4.36. The van der Waals surface area contributed by atoms with Crippen LogP contribution in [0.1, 0.15) is 54.7 Å². The minimum Gasteiger partial charge on any atom is -0.496 e. The van der Waals surface area contributed by atoms with Gasteiger partial charge in [-0.05, 0) is 60.2 Å². The number of ether oxygens (including phenoxy) is 1. The average Bonchev–Trinajstić information content (AvgIpc) is 3.06. The van der Waals surface area contributed by atoms with Crippen molar-refractivity contribution in [1.82, 2.24) is 15.5 Å². The number of methoxy groups -OCH3 is 1. The molecule has 11 heteroatoms. The molecule has 0 bridgehead atoms. The number of amidine groups is 1. The van der Waals surface area contributed by atoms with E-state index in [-0.39, 0.29) is 36.9 Å². The number of hydrogen-bond acceptors (Lipinski definition) is 6. The molecule has 3 amide bonds. The molecule has 1 fully saturated rings. The number of carbonyl (C=O) groups excluding carboxylic acids is 2. The molecule has 0 aromatic heterocycles. The maximum absolute atomic E-state index is 13.7. The molecule has 1 aliphatic heterocycles. The molecular formula is C28H35ClN4O6. The van der Waals surface area contributed by atoms with Crippen LogP contribution in [0.25, 0.3) is 0 Å². The number of carboxylic acids is 1. The van der Waals surface area contributed by atoms with Crippen molar-refractivity contribution in [3.63, 3.8) is 0 Å². The molecule has 10 nitrogen and oxygen atoms in total. The quantitative estimate of drug-likeness (QED) is 0.366. The van der Waals surface area contributed by atoms with Crippen molar-refractivity contribution in [2.24, 2.45) is 17.0 Å². The van der Waals surface area contributed by atoms with Crippen LogP contribution in [-0.4, -0.2) is 60.6 Å². The number of nitrogens with zero attached hydrogens (tertiary/aromatic N) is 2. The van der Waals surface area contributed by atoms with E-state index in [4.69, 9.17) is 21.2 Å². The predicted octanol–water partition coefficient (Wildman–Crippen LogP) is 4.48. The summed E-state index contributed by atoms with van der Waals surface area (Å²) in [6.07, 6.45) is 0.813. The number of halogens is 1. The van der Waals surface area contributed by atoms with Crippen LogP contribution in [0, 0.1) is 11.8 Å². The van der Waals surface area contributed by atoms with E-state index in [9.17, 15) is 19.5 Å². The van der Waals surface area contributed by atoms with Crippen molar-refractivity contribution in [1.29, 1.82) is 0 Å². The Morgan fingerprint density at radius 3 is 2.56 bits per heavy atom. The minimum absolute atomic E-state index is 0.0969. The summed E-state index contributed by atoms with van der Waals surface area (Å²) in [5.41, 5.74) is 1.62. The largest absolute Gasteiger partial charge is 0.496 e. The summed E-state index contributed by atoms with van der Waals surface area (Å²) in [5, 5.41) is 19.9. The Kier molecular flexibility index (Phi) is 10.6. The number of imide groups is 1. The summed E-state index contributed by atoms with van der Waals surface area (Å²) in [6, 6.07) is 10.5. The lowest BCUT2D eigenvalue weighted by Gasteiger charge is -2.26. The van der Waals surface area contributed by atoms with E-state index in [1.807, 2.05) is 20.8 Å². The molecule has 1 heterocycles. The van der Waals surface area contributed by atoms with Gasteiger partial charge in [-0.25, -0.2) is 9.59 Å². The number of amides is 3. The topological polar surface area (TPSA) is 130 Å². The van der Waals surface area contributed by atoms with Crippen LogP contribution in [0.15, 0.2) is 47.6 Å². The number of benzene rings is 2. The Morgan fingerprint density at radius 1 is 1.23 bits per heavy atom. The van der Waals surface area contributed by atoms with Gasteiger partial charge in [-0.2, -0.15) is 0 Å². The van der Waals surface area contributed by atoms with E-state index < -0.39 is 24.0 Å². The summed E-state index contributed by atoms with van der Waals surface area (Å²) in [6.45, 7) is 6.40. The Balaban J connectivity index is 1.86. The van der Waals surface area contributed by atoms with Gasteiger partial charge >= 0.3 is 12.0 Å². The maximum atomic E-state index is 13.7. The van der Waals surface area contributed by atoms with Gasteiger partial charge < -0.3 is 25.3 Å². The monoisotopic (exact) mass is 558 g/mol. The Bertz CT molecular complexity index is 1200. The molecule has 3 N–H and O–H groups in total. The van der Waals surface area contributed by atoms with Crippen LogP contribution in [0.2, 0.25) is 5.02 Å². The second-order valence-corrected chi connectivity index (χ2v) is 10.2. The van der Waals surface area contributed by atoms with Gasteiger partial charge in [0.15, 0.2) is 5.84 Å². The van der Waals surface area contributed by atoms with Crippen LogP contribution in [0.3, 0.4) is 0 Å². The highest BCUT2D eigenvalue weighted by Crippen LogP contribution is 2.27. The number of rotatable bonds is 10. The first-order valence-corrected chi connectivity index (χ1v) is 13.2. The summed E-state index contributed by atoms with van der Waals surface area (Å²) in [5.74, 6) is -0.823.